The molecule has 2 rings (SSSR count). The lowest BCUT2D eigenvalue weighted by Crippen LogP contribution is -2.33. The maximum atomic E-state index is 12.1. The van der Waals surface area contributed by atoms with Gasteiger partial charge < -0.3 is 15.0 Å². The Labute approximate surface area is 114 Å². The average molecular weight is 262 g/mol. The van der Waals surface area contributed by atoms with Crippen molar-refractivity contribution >= 4 is 5.91 Å². The van der Waals surface area contributed by atoms with Crippen LogP contribution in [-0.4, -0.2) is 43.6 Å². The van der Waals surface area contributed by atoms with Crippen molar-refractivity contribution in [3.05, 3.63) is 29.8 Å². The molecule has 1 heterocycles. The zero-order chi connectivity index (χ0) is 13.5. The van der Waals surface area contributed by atoms with Crippen LogP contribution in [0, 0.1) is 0 Å². The fourth-order valence-corrected chi connectivity index (χ4v) is 2.36. The molecular formula is C15H22N2O2. The van der Waals surface area contributed by atoms with Crippen LogP contribution < -0.4 is 10.1 Å². The van der Waals surface area contributed by atoms with Crippen LogP contribution in [0.5, 0.6) is 5.75 Å². The van der Waals surface area contributed by atoms with Crippen molar-refractivity contribution in [2.75, 3.05) is 32.8 Å². The number of rotatable bonds is 6. The van der Waals surface area contributed by atoms with Crippen molar-refractivity contribution in [2.45, 2.75) is 19.8 Å². The van der Waals surface area contributed by atoms with E-state index < -0.39 is 0 Å². The van der Waals surface area contributed by atoms with E-state index in [0.29, 0.717) is 24.5 Å². The first-order chi connectivity index (χ1) is 9.31. The van der Waals surface area contributed by atoms with E-state index in [1.807, 2.05) is 25.1 Å². The van der Waals surface area contributed by atoms with Gasteiger partial charge in [-0.05, 0) is 45.0 Å². The SMILES string of the molecule is CCOc1ccccc1C(=O)NCCN1CCCC1. The molecule has 1 aliphatic rings. The molecule has 0 atom stereocenters. The Balaban J connectivity index is 1.84. The van der Waals surface area contributed by atoms with Crippen LogP contribution in [0.1, 0.15) is 30.1 Å². The number of likely N-dealkylation sites (tertiary alicyclic amines) is 1. The molecule has 0 spiro atoms. The molecule has 0 radical (unpaired) electrons. The van der Waals surface area contributed by atoms with Gasteiger partial charge in [0, 0.05) is 13.1 Å². The fraction of sp³-hybridized carbons (Fsp3) is 0.533. The Morgan fingerprint density at radius 2 is 2.05 bits per heavy atom. The summed E-state index contributed by atoms with van der Waals surface area (Å²) in [7, 11) is 0. The minimum atomic E-state index is -0.0525. The van der Waals surface area contributed by atoms with Crippen molar-refractivity contribution in [1.82, 2.24) is 10.2 Å². The van der Waals surface area contributed by atoms with Gasteiger partial charge in [-0.25, -0.2) is 0 Å². The lowest BCUT2D eigenvalue weighted by molar-refractivity contribution is 0.0946. The third-order valence-corrected chi connectivity index (χ3v) is 3.34. The summed E-state index contributed by atoms with van der Waals surface area (Å²) in [6.07, 6.45) is 2.56. The van der Waals surface area contributed by atoms with E-state index >= 15 is 0 Å². The van der Waals surface area contributed by atoms with Gasteiger partial charge in [-0.15, -0.1) is 0 Å². The maximum absolute atomic E-state index is 12.1. The first kappa shape index (κ1) is 13.9. The van der Waals surface area contributed by atoms with Gasteiger partial charge in [0.15, 0.2) is 0 Å². The number of carbonyl (C=O) groups excluding carboxylic acids is 1. The Hall–Kier alpha value is -1.55. The van der Waals surface area contributed by atoms with Crippen molar-refractivity contribution in [2.24, 2.45) is 0 Å². The summed E-state index contributed by atoms with van der Waals surface area (Å²) in [6, 6.07) is 7.37. The number of hydrogen-bond donors (Lipinski definition) is 1. The standard InChI is InChI=1S/C15H22N2O2/c1-2-19-14-8-4-3-7-13(14)15(18)16-9-12-17-10-5-6-11-17/h3-4,7-8H,2,5-6,9-12H2,1H3,(H,16,18). The second kappa shape index (κ2) is 7.14. The van der Waals surface area contributed by atoms with Gasteiger partial charge in [0.1, 0.15) is 5.75 Å². The molecule has 1 amide bonds. The van der Waals surface area contributed by atoms with E-state index in [9.17, 15) is 4.79 Å². The summed E-state index contributed by atoms with van der Waals surface area (Å²) in [5, 5.41) is 2.96. The number of amides is 1. The molecule has 0 unspecified atom stereocenters. The van der Waals surface area contributed by atoms with E-state index in [-0.39, 0.29) is 5.91 Å². The van der Waals surface area contributed by atoms with Crippen LogP contribution >= 0.6 is 0 Å². The van der Waals surface area contributed by atoms with E-state index in [2.05, 4.69) is 10.2 Å². The normalized spacial score (nSPS) is 15.4. The largest absolute Gasteiger partial charge is 0.493 e. The number of para-hydroxylation sites is 1. The second-order valence-electron chi connectivity index (χ2n) is 4.73. The molecule has 0 bridgehead atoms. The fourth-order valence-electron chi connectivity index (χ4n) is 2.36. The van der Waals surface area contributed by atoms with E-state index in [4.69, 9.17) is 4.74 Å². The molecule has 1 aliphatic heterocycles. The zero-order valence-corrected chi connectivity index (χ0v) is 11.5. The summed E-state index contributed by atoms with van der Waals surface area (Å²) in [6.45, 7) is 6.43. The van der Waals surface area contributed by atoms with Crippen LogP contribution in [-0.2, 0) is 0 Å². The predicted octanol–water partition coefficient (Wildman–Crippen LogP) is 1.91. The van der Waals surface area contributed by atoms with E-state index in [1.54, 1.807) is 6.07 Å². The highest BCUT2D eigenvalue weighted by Gasteiger charge is 2.13. The van der Waals surface area contributed by atoms with E-state index in [1.165, 1.54) is 12.8 Å². The molecular weight excluding hydrogens is 240 g/mol. The third-order valence-electron chi connectivity index (χ3n) is 3.34. The Morgan fingerprint density at radius 3 is 2.79 bits per heavy atom. The molecule has 1 aromatic rings. The lowest BCUT2D eigenvalue weighted by atomic mass is 10.2. The Morgan fingerprint density at radius 1 is 1.32 bits per heavy atom. The maximum Gasteiger partial charge on any atom is 0.255 e. The molecule has 1 fully saturated rings. The first-order valence-electron chi connectivity index (χ1n) is 7.03. The number of benzene rings is 1. The number of nitrogens with one attached hydrogen (secondary N) is 1. The quantitative estimate of drug-likeness (QED) is 0.851. The van der Waals surface area contributed by atoms with Gasteiger partial charge in [0.05, 0.1) is 12.2 Å². The van der Waals surface area contributed by atoms with Crippen LogP contribution in [0.4, 0.5) is 0 Å². The molecule has 0 aromatic heterocycles. The third kappa shape index (κ3) is 3.96. The highest BCUT2D eigenvalue weighted by atomic mass is 16.5. The van der Waals surface area contributed by atoms with Gasteiger partial charge in [0.2, 0.25) is 0 Å². The average Bonchev–Trinajstić information content (AvgIpc) is 2.93. The summed E-state index contributed by atoms with van der Waals surface area (Å²) in [5.74, 6) is 0.604. The van der Waals surface area contributed by atoms with Crippen LogP contribution in [0.2, 0.25) is 0 Å². The smallest absolute Gasteiger partial charge is 0.255 e. The molecule has 1 aromatic carbocycles. The van der Waals surface area contributed by atoms with Crippen molar-refractivity contribution < 1.29 is 9.53 Å². The molecule has 19 heavy (non-hydrogen) atoms. The molecule has 0 aliphatic carbocycles. The van der Waals surface area contributed by atoms with Gasteiger partial charge >= 0.3 is 0 Å². The molecule has 4 nitrogen and oxygen atoms in total. The summed E-state index contributed by atoms with van der Waals surface area (Å²) >= 11 is 0. The van der Waals surface area contributed by atoms with Crippen LogP contribution in [0.15, 0.2) is 24.3 Å². The number of ether oxygens (including phenoxy) is 1. The molecule has 4 heteroatoms. The minimum Gasteiger partial charge on any atom is -0.493 e. The van der Waals surface area contributed by atoms with E-state index in [0.717, 1.165) is 19.6 Å². The molecule has 104 valence electrons. The van der Waals surface area contributed by atoms with Crippen LogP contribution in [0.3, 0.4) is 0 Å². The van der Waals surface area contributed by atoms with Crippen molar-refractivity contribution in [3.63, 3.8) is 0 Å². The molecule has 1 saturated heterocycles. The van der Waals surface area contributed by atoms with Gasteiger partial charge in [-0.1, -0.05) is 12.1 Å². The Kier molecular flexibility index (Phi) is 5.21. The molecule has 1 N–H and O–H groups in total. The predicted molar refractivity (Wildman–Crippen MR) is 75.6 cm³/mol. The number of hydrogen-bond acceptors (Lipinski definition) is 3. The van der Waals surface area contributed by atoms with Crippen molar-refractivity contribution in [3.8, 4) is 5.75 Å². The van der Waals surface area contributed by atoms with Crippen molar-refractivity contribution in [1.29, 1.82) is 0 Å². The Bertz CT molecular complexity index is 414. The topological polar surface area (TPSA) is 41.6 Å². The number of nitrogens with zero attached hydrogens (tertiary/aromatic N) is 1. The first-order valence-corrected chi connectivity index (χ1v) is 7.03. The summed E-state index contributed by atoms with van der Waals surface area (Å²) in [4.78, 5) is 14.5. The second-order valence-corrected chi connectivity index (χ2v) is 4.73. The van der Waals surface area contributed by atoms with Gasteiger partial charge in [-0.2, -0.15) is 0 Å². The lowest BCUT2D eigenvalue weighted by Gasteiger charge is -2.15. The molecule has 0 saturated carbocycles. The van der Waals surface area contributed by atoms with Crippen LogP contribution in [0.25, 0.3) is 0 Å². The summed E-state index contributed by atoms with van der Waals surface area (Å²) < 4.78 is 5.47. The zero-order valence-electron chi connectivity index (χ0n) is 11.5. The minimum absolute atomic E-state index is 0.0525. The highest BCUT2D eigenvalue weighted by molar-refractivity contribution is 5.96. The summed E-state index contributed by atoms with van der Waals surface area (Å²) in [5.41, 5.74) is 0.616. The van der Waals surface area contributed by atoms with Gasteiger partial charge in [-0.3, -0.25) is 4.79 Å². The monoisotopic (exact) mass is 262 g/mol. The number of carbonyl (C=O) groups is 1. The van der Waals surface area contributed by atoms with Gasteiger partial charge in [0.25, 0.3) is 5.91 Å². The highest BCUT2D eigenvalue weighted by Crippen LogP contribution is 2.17.